The highest BCUT2D eigenvalue weighted by Crippen LogP contribution is 2.25. The van der Waals surface area contributed by atoms with Crippen LogP contribution in [0, 0.1) is 0 Å². The highest BCUT2D eigenvalue weighted by atomic mass is 16.4. The monoisotopic (exact) mass is 235 g/mol. The number of amides is 1. The van der Waals surface area contributed by atoms with Gasteiger partial charge in [-0.25, -0.2) is 4.79 Å². The number of rotatable bonds is 2. The average molecular weight is 235 g/mol. The fourth-order valence-electron chi connectivity index (χ4n) is 1.86. The van der Waals surface area contributed by atoms with Gasteiger partial charge in [0.05, 0.1) is 11.3 Å². The Balaban J connectivity index is 2.39. The SMILES string of the molecule is CN1C(=O)CCN1c1cc(N)cc(C(=O)O)c1. The van der Waals surface area contributed by atoms with Gasteiger partial charge in [0.15, 0.2) is 0 Å². The summed E-state index contributed by atoms with van der Waals surface area (Å²) in [5.41, 5.74) is 6.76. The molecule has 1 aliphatic heterocycles. The Kier molecular flexibility index (Phi) is 2.63. The van der Waals surface area contributed by atoms with Crippen molar-refractivity contribution in [2.24, 2.45) is 0 Å². The molecule has 0 bridgehead atoms. The topological polar surface area (TPSA) is 86.9 Å². The number of carboxylic acids is 1. The van der Waals surface area contributed by atoms with Gasteiger partial charge in [0.2, 0.25) is 5.91 Å². The number of carbonyl (C=O) groups excluding carboxylic acids is 1. The van der Waals surface area contributed by atoms with Crippen molar-refractivity contribution in [3.8, 4) is 0 Å². The van der Waals surface area contributed by atoms with Gasteiger partial charge in [0.1, 0.15) is 0 Å². The van der Waals surface area contributed by atoms with Gasteiger partial charge in [-0.05, 0) is 18.2 Å². The molecule has 1 amide bonds. The van der Waals surface area contributed by atoms with Crippen LogP contribution in [0.4, 0.5) is 11.4 Å². The summed E-state index contributed by atoms with van der Waals surface area (Å²) in [6.45, 7) is 0.540. The number of hydrogen-bond acceptors (Lipinski definition) is 4. The minimum absolute atomic E-state index is 0.00398. The summed E-state index contributed by atoms with van der Waals surface area (Å²) in [6, 6.07) is 4.55. The Labute approximate surface area is 98.2 Å². The molecule has 0 unspecified atom stereocenters. The van der Waals surface area contributed by atoms with Crippen LogP contribution in [0.25, 0.3) is 0 Å². The Morgan fingerprint density at radius 2 is 2.12 bits per heavy atom. The second-order valence-corrected chi connectivity index (χ2v) is 3.91. The molecule has 1 aromatic rings. The normalized spacial score (nSPS) is 15.5. The second-order valence-electron chi connectivity index (χ2n) is 3.91. The molecule has 0 radical (unpaired) electrons. The lowest BCUT2D eigenvalue weighted by atomic mass is 10.1. The minimum Gasteiger partial charge on any atom is -0.478 e. The lowest BCUT2D eigenvalue weighted by molar-refractivity contribution is -0.126. The first-order valence-electron chi connectivity index (χ1n) is 5.17. The van der Waals surface area contributed by atoms with Gasteiger partial charge in [-0.1, -0.05) is 0 Å². The molecule has 0 saturated carbocycles. The van der Waals surface area contributed by atoms with Gasteiger partial charge in [-0.15, -0.1) is 0 Å². The summed E-state index contributed by atoms with van der Waals surface area (Å²) in [4.78, 5) is 22.3. The van der Waals surface area contributed by atoms with Gasteiger partial charge in [-0.3, -0.25) is 14.8 Å². The molecule has 0 aromatic heterocycles. The first-order valence-corrected chi connectivity index (χ1v) is 5.17. The number of anilines is 2. The van der Waals surface area contributed by atoms with Crippen LogP contribution in [0.1, 0.15) is 16.8 Å². The van der Waals surface area contributed by atoms with Crippen LogP contribution in [0.5, 0.6) is 0 Å². The van der Waals surface area contributed by atoms with E-state index in [0.717, 1.165) is 0 Å². The zero-order chi connectivity index (χ0) is 12.6. The maximum atomic E-state index is 11.4. The standard InChI is InChI=1S/C11H13N3O3/c1-13-10(15)2-3-14(13)9-5-7(11(16)17)4-8(12)6-9/h4-6H,2-3,12H2,1H3,(H,16,17). The molecule has 1 saturated heterocycles. The van der Waals surface area contributed by atoms with Crippen molar-refractivity contribution in [2.75, 3.05) is 24.3 Å². The molecule has 0 aliphatic carbocycles. The Morgan fingerprint density at radius 1 is 1.41 bits per heavy atom. The van der Waals surface area contributed by atoms with Crippen LogP contribution >= 0.6 is 0 Å². The number of aromatic carboxylic acids is 1. The van der Waals surface area contributed by atoms with E-state index in [4.69, 9.17) is 10.8 Å². The van der Waals surface area contributed by atoms with Crippen LogP contribution in [0.15, 0.2) is 18.2 Å². The van der Waals surface area contributed by atoms with Crippen molar-refractivity contribution >= 4 is 23.3 Å². The smallest absolute Gasteiger partial charge is 0.335 e. The van der Waals surface area contributed by atoms with Gasteiger partial charge < -0.3 is 10.8 Å². The number of benzene rings is 1. The zero-order valence-electron chi connectivity index (χ0n) is 9.38. The summed E-state index contributed by atoms with van der Waals surface area (Å²) >= 11 is 0. The molecule has 0 atom stereocenters. The first kappa shape index (κ1) is 11.3. The molecule has 1 aliphatic rings. The Bertz CT molecular complexity index is 487. The van der Waals surface area contributed by atoms with E-state index in [1.807, 2.05) is 0 Å². The van der Waals surface area contributed by atoms with Gasteiger partial charge in [0, 0.05) is 25.7 Å². The number of carbonyl (C=O) groups is 2. The summed E-state index contributed by atoms with van der Waals surface area (Å²) in [5, 5.41) is 12.1. The number of nitrogens with zero attached hydrogens (tertiary/aromatic N) is 2. The van der Waals surface area contributed by atoms with E-state index in [9.17, 15) is 9.59 Å². The second kappa shape index (κ2) is 3.97. The van der Waals surface area contributed by atoms with Crippen molar-refractivity contribution in [2.45, 2.75) is 6.42 Å². The molecule has 17 heavy (non-hydrogen) atoms. The van der Waals surface area contributed by atoms with E-state index in [0.29, 0.717) is 24.3 Å². The molecule has 3 N–H and O–H groups in total. The highest BCUT2D eigenvalue weighted by molar-refractivity contribution is 5.91. The zero-order valence-corrected chi connectivity index (χ0v) is 9.38. The molecule has 90 valence electrons. The van der Waals surface area contributed by atoms with Crippen LogP contribution in [-0.4, -0.2) is 35.6 Å². The Morgan fingerprint density at radius 3 is 2.65 bits per heavy atom. The van der Waals surface area contributed by atoms with E-state index in [1.54, 1.807) is 18.1 Å². The molecular formula is C11H13N3O3. The van der Waals surface area contributed by atoms with Crippen molar-refractivity contribution in [3.05, 3.63) is 23.8 Å². The molecule has 6 nitrogen and oxygen atoms in total. The third-order valence-electron chi connectivity index (χ3n) is 2.75. The third kappa shape index (κ3) is 2.01. The van der Waals surface area contributed by atoms with Gasteiger partial charge >= 0.3 is 5.97 Å². The number of carboxylic acid groups (broad SMARTS) is 1. The van der Waals surface area contributed by atoms with Crippen molar-refractivity contribution in [1.82, 2.24) is 5.01 Å². The highest BCUT2D eigenvalue weighted by Gasteiger charge is 2.26. The van der Waals surface area contributed by atoms with Crippen LogP contribution < -0.4 is 10.7 Å². The van der Waals surface area contributed by atoms with Crippen molar-refractivity contribution in [1.29, 1.82) is 0 Å². The summed E-state index contributed by atoms with van der Waals surface area (Å²) in [5.74, 6) is -1.03. The number of hydrazine groups is 1. The molecule has 1 fully saturated rings. The number of nitrogen functional groups attached to an aromatic ring is 1. The fraction of sp³-hybridized carbons (Fsp3) is 0.273. The summed E-state index contributed by atoms with van der Waals surface area (Å²) in [6.07, 6.45) is 0.424. The molecule has 2 rings (SSSR count). The minimum atomic E-state index is -1.04. The van der Waals surface area contributed by atoms with E-state index in [2.05, 4.69) is 0 Å². The molecule has 1 aromatic carbocycles. The lowest BCUT2D eigenvalue weighted by Gasteiger charge is -2.26. The molecule has 0 spiro atoms. The number of nitrogens with two attached hydrogens (primary N) is 1. The van der Waals surface area contributed by atoms with Crippen LogP contribution in [0.3, 0.4) is 0 Å². The van der Waals surface area contributed by atoms with Gasteiger partial charge in [-0.2, -0.15) is 0 Å². The van der Waals surface area contributed by atoms with E-state index in [-0.39, 0.29) is 11.5 Å². The molecule has 1 heterocycles. The summed E-state index contributed by atoms with van der Waals surface area (Å²) < 4.78 is 0. The third-order valence-corrected chi connectivity index (χ3v) is 2.75. The maximum Gasteiger partial charge on any atom is 0.335 e. The Hall–Kier alpha value is -2.24. The lowest BCUT2D eigenvalue weighted by Crippen LogP contribution is -2.35. The predicted molar refractivity (Wildman–Crippen MR) is 62.5 cm³/mol. The molecule has 6 heteroatoms. The predicted octanol–water partition coefficient (Wildman–Crippen LogP) is 0.550. The van der Waals surface area contributed by atoms with E-state index < -0.39 is 5.97 Å². The van der Waals surface area contributed by atoms with Crippen molar-refractivity contribution in [3.63, 3.8) is 0 Å². The largest absolute Gasteiger partial charge is 0.478 e. The van der Waals surface area contributed by atoms with Crippen LogP contribution in [-0.2, 0) is 4.79 Å². The summed E-state index contributed by atoms with van der Waals surface area (Å²) in [7, 11) is 1.65. The van der Waals surface area contributed by atoms with E-state index >= 15 is 0 Å². The fourth-order valence-corrected chi connectivity index (χ4v) is 1.86. The number of hydrogen-bond donors (Lipinski definition) is 2. The average Bonchev–Trinajstić information content (AvgIpc) is 2.59. The van der Waals surface area contributed by atoms with Crippen LogP contribution in [0.2, 0.25) is 0 Å². The van der Waals surface area contributed by atoms with Crippen molar-refractivity contribution < 1.29 is 14.7 Å². The first-order chi connectivity index (χ1) is 7.99. The maximum absolute atomic E-state index is 11.4. The van der Waals surface area contributed by atoms with E-state index in [1.165, 1.54) is 17.1 Å². The quantitative estimate of drug-likeness (QED) is 0.731. The van der Waals surface area contributed by atoms with Gasteiger partial charge in [0.25, 0.3) is 0 Å². The molecular weight excluding hydrogens is 222 g/mol.